The van der Waals surface area contributed by atoms with Gasteiger partial charge in [0.05, 0.1) is 9.80 Å². The summed E-state index contributed by atoms with van der Waals surface area (Å²) in [6, 6.07) is 19.5. The third-order valence-electron chi connectivity index (χ3n) is 4.13. The van der Waals surface area contributed by atoms with Gasteiger partial charge in [0.15, 0.2) is 5.17 Å². The monoisotopic (exact) mass is 424 g/mol. The first-order valence-electron chi connectivity index (χ1n) is 8.68. The van der Waals surface area contributed by atoms with Crippen molar-refractivity contribution in [2.45, 2.75) is 11.8 Å². The number of rotatable bonds is 4. The molecule has 146 valence electrons. The number of nitrogens with zero attached hydrogens (tertiary/aromatic N) is 1. The van der Waals surface area contributed by atoms with Crippen LogP contribution in [0.5, 0.6) is 0 Å². The van der Waals surface area contributed by atoms with E-state index in [1.165, 1.54) is 12.1 Å². The SMILES string of the molecule is Cc1ccc(S(=O)(=O)/N=C2/NC(=O)/C(=C/c3ccc(-c4ccccc4)o3)S2)cc1. The van der Waals surface area contributed by atoms with Gasteiger partial charge in [-0.25, -0.2) is 0 Å². The molecule has 0 saturated carbocycles. The maximum absolute atomic E-state index is 12.4. The van der Waals surface area contributed by atoms with E-state index in [0.29, 0.717) is 16.4 Å². The van der Waals surface area contributed by atoms with Crippen LogP contribution in [-0.4, -0.2) is 19.5 Å². The van der Waals surface area contributed by atoms with Crippen LogP contribution in [0.2, 0.25) is 0 Å². The minimum absolute atomic E-state index is 0.0108. The Morgan fingerprint density at radius 2 is 1.72 bits per heavy atom. The van der Waals surface area contributed by atoms with E-state index >= 15 is 0 Å². The normalized spacial score (nSPS) is 17.1. The minimum Gasteiger partial charge on any atom is -0.457 e. The number of carbonyl (C=O) groups is 1. The zero-order valence-electron chi connectivity index (χ0n) is 15.3. The Hall–Kier alpha value is -3.10. The number of carbonyl (C=O) groups excluding carboxylic acids is 1. The smallest absolute Gasteiger partial charge is 0.284 e. The Balaban J connectivity index is 1.56. The molecule has 0 unspecified atom stereocenters. The fourth-order valence-corrected chi connectivity index (χ4v) is 4.62. The van der Waals surface area contributed by atoms with Crippen molar-refractivity contribution in [1.82, 2.24) is 5.32 Å². The maximum atomic E-state index is 12.4. The van der Waals surface area contributed by atoms with Crippen molar-refractivity contribution in [3.05, 3.63) is 83.0 Å². The number of aryl methyl sites for hydroxylation is 1. The summed E-state index contributed by atoms with van der Waals surface area (Å²) in [6.07, 6.45) is 1.56. The molecule has 29 heavy (non-hydrogen) atoms. The topological polar surface area (TPSA) is 88.7 Å². The molecule has 0 atom stereocenters. The number of benzene rings is 2. The highest BCUT2D eigenvalue weighted by molar-refractivity contribution is 8.19. The lowest BCUT2D eigenvalue weighted by Gasteiger charge is -2.00. The van der Waals surface area contributed by atoms with Crippen molar-refractivity contribution in [2.75, 3.05) is 0 Å². The molecular formula is C21H16N2O4S2. The van der Waals surface area contributed by atoms with Crippen molar-refractivity contribution in [1.29, 1.82) is 0 Å². The molecule has 0 radical (unpaired) electrons. The second-order valence-corrected chi connectivity index (χ2v) is 8.95. The summed E-state index contributed by atoms with van der Waals surface area (Å²) in [5, 5.41) is 2.50. The van der Waals surface area contributed by atoms with Gasteiger partial charge >= 0.3 is 0 Å². The van der Waals surface area contributed by atoms with E-state index in [1.54, 1.807) is 24.3 Å². The van der Waals surface area contributed by atoms with Gasteiger partial charge in [-0.2, -0.15) is 8.42 Å². The average Bonchev–Trinajstić information content (AvgIpc) is 3.29. The predicted molar refractivity (Wildman–Crippen MR) is 114 cm³/mol. The van der Waals surface area contributed by atoms with E-state index in [4.69, 9.17) is 4.42 Å². The summed E-state index contributed by atoms with van der Waals surface area (Å²) in [4.78, 5) is 12.6. The molecule has 4 rings (SSSR count). The highest BCUT2D eigenvalue weighted by Gasteiger charge is 2.27. The van der Waals surface area contributed by atoms with Gasteiger partial charge in [0.25, 0.3) is 15.9 Å². The Labute approximate surface area is 172 Å². The molecule has 1 aromatic heterocycles. The number of sulfonamides is 1. The van der Waals surface area contributed by atoms with Gasteiger partial charge in [-0.3, -0.25) is 10.1 Å². The molecule has 2 heterocycles. The highest BCUT2D eigenvalue weighted by Crippen LogP contribution is 2.29. The Morgan fingerprint density at radius 3 is 2.45 bits per heavy atom. The van der Waals surface area contributed by atoms with Gasteiger partial charge in [0.2, 0.25) is 0 Å². The van der Waals surface area contributed by atoms with Gasteiger partial charge in [-0.05, 0) is 43.0 Å². The first kappa shape index (κ1) is 19.2. The van der Waals surface area contributed by atoms with E-state index in [0.717, 1.165) is 22.9 Å². The van der Waals surface area contributed by atoms with Crippen molar-refractivity contribution in [3.63, 3.8) is 0 Å². The molecule has 0 spiro atoms. The summed E-state index contributed by atoms with van der Waals surface area (Å²) >= 11 is 0.955. The number of thioether (sulfide) groups is 1. The van der Waals surface area contributed by atoms with Crippen LogP contribution in [0.25, 0.3) is 17.4 Å². The van der Waals surface area contributed by atoms with Crippen LogP contribution in [0, 0.1) is 6.92 Å². The minimum atomic E-state index is -3.91. The van der Waals surface area contributed by atoms with Gasteiger partial charge in [-0.15, -0.1) is 4.40 Å². The zero-order valence-corrected chi connectivity index (χ0v) is 17.0. The molecule has 1 amide bonds. The Morgan fingerprint density at radius 1 is 1.00 bits per heavy atom. The molecule has 8 heteroatoms. The van der Waals surface area contributed by atoms with Gasteiger partial charge in [0.1, 0.15) is 11.5 Å². The van der Waals surface area contributed by atoms with E-state index < -0.39 is 15.9 Å². The quantitative estimate of drug-likeness (QED) is 0.634. The molecule has 3 aromatic rings. The highest BCUT2D eigenvalue weighted by atomic mass is 32.2. The molecular weight excluding hydrogens is 408 g/mol. The molecule has 1 aliphatic heterocycles. The second-order valence-electron chi connectivity index (χ2n) is 6.32. The summed E-state index contributed by atoms with van der Waals surface area (Å²) < 4.78 is 34.4. The van der Waals surface area contributed by atoms with Crippen molar-refractivity contribution in [2.24, 2.45) is 4.40 Å². The predicted octanol–water partition coefficient (Wildman–Crippen LogP) is 4.20. The van der Waals surface area contributed by atoms with Crippen LogP contribution in [0.15, 0.2) is 85.3 Å². The fraction of sp³-hybridized carbons (Fsp3) is 0.0476. The summed E-state index contributed by atoms with van der Waals surface area (Å²) in [6.45, 7) is 1.87. The molecule has 1 N–H and O–H groups in total. The molecule has 0 bridgehead atoms. The number of furan rings is 1. The van der Waals surface area contributed by atoms with E-state index in [9.17, 15) is 13.2 Å². The Bertz CT molecular complexity index is 1230. The maximum Gasteiger partial charge on any atom is 0.284 e. The molecule has 2 aromatic carbocycles. The van der Waals surface area contributed by atoms with Crippen LogP contribution in [0.4, 0.5) is 0 Å². The van der Waals surface area contributed by atoms with Crippen LogP contribution in [0.3, 0.4) is 0 Å². The van der Waals surface area contributed by atoms with Gasteiger partial charge in [-0.1, -0.05) is 48.0 Å². The van der Waals surface area contributed by atoms with E-state index in [2.05, 4.69) is 9.71 Å². The molecule has 6 nitrogen and oxygen atoms in total. The fourth-order valence-electron chi connectivity index (χ4n) is 2.66. The first-order valence-corrected chi connectivity index (χ1v) is 10.9. The lowest BCUT2D eigenvalue weighted by molar-refractivity contribution is -0.115. The molecule has 0 aliphatic carbocycles. The number of nitrogens with one attached hydrogen (secondary N) is 1. The van der Waals surface area contributed by atoms with Crippen LogP contribution in [0.1, 0.15) is 11.3 Å². The lowest BCUT2D eigenvalue weighted by Crippen LogP contribution is -2.20. The first-order chi connectivity index (χ1) is 13.9. The molecule has 1 aliphatic rings. The number of hydrogen-bond donors (Lipinski definition) is 1. The Kier molecular flexibility index (Phi) is 5.12. The molecule has 1 fully saturated rings. The van der Waals surface area contributed by atoms with Gasteiger partial charge in [0, 0.05) is 11.6 Å². The lowest BCUT2D eigenvalue weighted by atomic mass is 10.2. The number of hydrogen-bond acceptors (Lipinski definition) is 5. The summed E-state index contributed by atoms with van der Waals surface area (Å²) in [7, 11) is -3.91. The van der Waals surface area contributed by atoms with Crippen LogP contribution >= 0.6 is 11.8 Å². The number of amidine groups is 1. The zero-order chi connectivity index (χ0) is 20.4. The third-order valence-corrected chi connectivity index (χ3v) is 6.45. The van der Waals surface area contributed by atoms with Gasteiger partial charge < -0.3 is 4.42 Å². The van der Waals surface area contributed by atoms with Crippen molar-refractivity contribution < 1.29 is 17.6 Å². The largest absolute Gasteiger partial charge is 0.457 e. The summed E-state index contributed by atoms with van der Waals surface area (Å²) in [5.74, 6) is 0.742. The van der Waals surface area contributed by atoms with Crippen molar-refractivity contribution >= 4 is 38.9 Å². The average molecular weight is 425 g/mol. The van der Waals surface area contributed by atoms with Crippen LogP contribution in [-0.2, 0) is 14.8 Å². The second kappa shape index (κ2) is 7.73. The summed E-state index contributed by atoms with van der Waals surface area (Å²) in [5.41, 5.74) is 1.87. The third kappa shape index (κ3) is 4.33. The van der Waals surface area contributed by atoms with Crippen LogP contribution < -0.4 is 5.32 Å². The number of amides is 1. The standard InChI is InChI=1S/C21H16N2O4S2/c1-14-7-10-17(11-8-14)29(25,26)23-21-22-20(24)19(28-21)13-16-9-12-18(27-16)15-5-3-2-4-6-15/h2-13H,1H3,(H,22,23,24)/b19-13-. The molecule has 1 saturated heterocycles. The van der Waals surface area contributed by atoms with E-state index in [1.807, 2.05) is 43.3 Å². The van der Waals surface area contributed by atoms with E-state index in [-0.39, 0.29) is 10.1 Å². The van der Waals surface area contributed by atoms with Crippen molar-refractivity contribution in [3.8, 4) is 11.3 Å².